The monoisotopic (exact) mass is 366 g/mol. The number of pyridine rings is 1. The number of rotatable bonds is 4. The summed E-state index contributed by atoms with van der Waals surface area (Å²) < 4.78 is 27.9. The molecule has 0 aliphatic heterocycles. The molecule has 1 aromatic heterocycles. The summed E-state index contributed by atoms with van der Waals surface area (Å²) >= 11 is 3.20. The van der Waals surface area contributed by atoms with Gasteiger partial charge >= 0.3 is 0 Å². The van der Waals surface area contributed by atoms with Gasteiger partial charge in [-0.25, -0.2) is 13.4 Å². The van der Waals surface area contributed by atoms with Crippen LogP contribution in [0, 0.1) is 11.3 Å². The Hall–Kier alpha value is -2.11. The third-order valence-electron chi connectivity index (χ3n) is 2.59. The van der Waals surface area contributed by atoms with Crippen molar-refractivity contribution in [2.24, 2.45) is 0 Å². The lowest BCUT2D eigenvalue weighted by atomic mass is 10.2. The van der Waals surface area contributed by atoms with E-state index in [0.717, 1.165) is 0 Å². The van der Waals surface area contributed by atoms with Gasteiger partial charge in [-0.1, -0.05) is 6.07 Å². The maximum Gasteiger partial charge on any atom is 0.265 e. The highest BCUT2D eigenvalue weighted by Gasteiger charge is 2.20. The van der Waals surface area contributed by atoms with Crippen LogP contribution in [0.3, 0.4) is 0 Å². The predicted octanol–water partition coefficient (Wildman–Crippen LogP) is 2.56. The van der Waals surface area contributed by atoms with Crippen molar-refractivity contribution in [2.75, 3.05) is 17.1 Å². The molecule has 2 N–H and O–H groups in total. The molecule has 0 radical (unpaired) electrons. The smallest absolute Gasteiger partial charge is 0.265 e. The first-order valence-corrected chi connectivity index (χ1v) is 8.10. The van der Waals surface area contributed by atoms with Crippen molar-refractivity contribution in [1.82, 2.24) is 4.98 Å². The molecule has 0 fully saturated rings. The van der Waals surface area contributed by atoms with Crippen LogP contribution in [0.4, 0.5) is 11.5 Å². The van der Waals surface area contributed by atoms with E-state index in [4.69, 9.17) is 5.26 Å². The van der Waals surface area contributed by atoms with Gasteiger partial charge in [-0.3, -0.25) is 4.72 Å². The van der Waals surface area contributed by atoms with Gasteiger partial charge in [0.1, 0.15) is 10.7 Å². The summed E-state index contributed by atoms with van der Waals surface area (Å²) in [4.78, 5) is 4.02. The Morgan fingerprint density at radius 1 is 1.33 bits per heavy atom. The van der Waals surface area contributed by atoms with E-state index in [2.05, 4.69) is 31.0 Å². The van der Waals surface area contributed by atoms with E-state index in [1.165, 1.54) is 18.3 Å². The fourth-order valence-electron chi connectivity index (χ4n) is 1.68. The summed E-state index contributed by atoms with van der Waals surface area (Å²) in [5, 5.41) is 11.6. The van der Waals surface area contributed by atoms with Crippen LogP contribution in [-0.4, -0.2) is 20.4 Å². The Labute approximate surface area is 131 Å². The van der Waals surface area contributed by atoms with Crippen LogP contribution < -0.4 is 10.0 Å². The molecule has 0 saturated carbocycles. The van der Waals surface area contributed by atoms with Gasteiger partial charge in [0.15, 0.2) is 0 Å². The van der Waals surface area contributed by atoms with Gasteiger partial charge in [0.2, 0.25) is 0 Å². The van der Waals surface area contributed by atoms with Gasteiger partial charge in [-0.15, -0.1) is 0 Å². The third-order valence-corrected chi connectivity index (χ3v) is 4.42. The quantitative estimate of drug-likeness (QED) is 0.866. The maximum atomic E-state index is 12.4. The minimum atomic E-state index is -3.82. The molecular formula is C13H11BrN4O2S. The second-order valence-electron chi connectivity index (χ2n) is 4.05. The van der Waals surface area contributed by atoms with E-state index >= 15 is 0 Å². The molecular weight excluding hydrogens is 356 g/mol. The van der Waals surface area contributed by atoms with E-state index in [-0.39, 0.29) is 10.7 Å². The number of nitrogens with zero attached hydrogens (tertiary/aromatic N) is 2. The molecule has 6 nitrogen and oxygen atoms in total. The van der Waals surface area contributed by atoms with Crippen LogP contribution in [0.1, 0.15) is 5.56 Å². The van der Waals surface area contributed by atoms with Crippen molar-refractivity contribution >= 4 is 37.5 Å². The molecule has 108 valence electrons. The van der Waals surface area contributed by atoms with Gasteiger partial charge in [-0.05, 0) is 40.2 Å². The number of sulfonamides is 1. The lowest BCUT2D eigenvalue weighted by Crippen LogP contribution is -2.15. The van der Waals surface area contributed by atoms with Gasteiger partial charge in [0.05, 0.1) is 17.3 Å². The standard InChI is InChI=1S/C13H11BrN4O2S/c1-16-13-12(6-10(14)8-17-13)21(19,20)18-11-4-2-3-9(5-11)7-15/h2-6,8,18H,1H3,(H,16,17). The summed E-state index contributed by atoms with van der Waals surface area (Å²) in [6.45, 7) is 0. The number of nitrogens with one attached hydrogen (secondary N) is 2. The first kappa shape index (κ1) is 15.3. The molecule has 0 aliphatic carbocycles. The molecule has 2 rings (SSSR count). The number of hydrogen-bond acceptors (Lipinski definition) is 5. The van der Waals surface area contributed by atoms with Crippen molar-refractivity contribution in [2.45, 2.75) is 4.90 Å². The van der Waals surface area contributed by atoms with E-state index in [1.807, 2.05) is 6.07 Å². The van der Waals surface area contributed by atoms with Gasteiger partial charge < -0.3 is 5.32 Å². The number of aromatic nitrogens is 1. The average Bonchev–Trinajstić information content (AvgIpc) is 2.47. The van der Waals surface area contributed by atoms with Crippen molar-refractivity contribution in [3.05, 3.63) is 46.6 Å². The fraction of sp³-hybridized carbons (Fsp3) is 0.0769. The van der Waals surface area contributed by atoms with Gasteiger partial charge in [0.25, 0.3) is 10.0 Å². The van der Waals surface area contributed by atoms with Crippen LogP contribution in [0.5, 0.6) is 0 Å². The summed E-state index contributed by atoms with van der Waals surface area (Å²) in [7, 11) is -2.23. The molecule has 21 heavy (non-hydrogen) atoms. The molecule has 0 saturated heterocycles. The molecule has 8 heteroatoms. The Balaban J connectivity index is 2.43. The first-order chi connectivity index (χ1) is 9.96. The average molecular weight is 367 g/mol. The molecule has 0 bridgehead atoms. The lowest BCUT2D eigenvalue weighted by Gasteiger charge is -2.11. The largest absolute Gasteiger partial charge is 0.372 e. The maximum absolute atomic E-state index is 12.4. The van der Waals surface area contributed by atoms with Gasteiger partial charge in [0, 0.05) is 17.7 Å². The van der Waals surface area contributed by atoms with Gasteiger partial charge in [-0.2, -0.15) is 5.26 Å². The van der Waals surface area contributed by atoms with E-state index in [1.54, 1.807) is 25.2 Å². The van der Waals surface area contributed by atoms with Crippen LogP contribution >= 0.6 is 15.9 Å². The molecule has 0 spiro atoms. The Morgan fingerprint density at radius 3 is 2.76 bits per heavy atom. The minimum absolute atomic E-state index is 0.0155. The van der Waals surface area contributed by atoms with Crippen LogP contribution in [0.15, 0.2) is 45.9 Å². The summed E-state index contributed by atoms with van der Waals surface area (Å²) in [6, 6.07) is 9.64. The van der Waals surface area contributed by atoms with E-state index in [0.29, 0.717) is 15.7 Å². The third kappa shape index (κ3) is 3.51. The molecule has 1 heterocycles. The second kappa shape index (κ2) is 6.11. The normalized spacial score (nSPS) is 10.7. The zero-order valence-electron chi connectivity index (χ0n) is 11.0. The van der Waals surface area contributed by atoms with Crippen LogP contribution in [0.25, 0.3) is 0 Å². The number of hydrogen-bond donors (Lipinski definition) is 2. The molecule has 0 unspecified atom stereocenters. The first-order valence-electron chi connectivity index (χ1n) is 5.82. The lowest BCUT2D eigenvalue weighted by molar-refractivity contribution is 0.601. The zero-order chi connectivity index (χ0) is 15.5. The number of nitriles is 1. The van der Waals surface area contributed by atoms with E-state index < -0.39 is 10.0 Å². The van der Waals surface area contributed by atoms with Crippen molar-refractivity contribution < 1.29 is 8.42 Å². The number of anilines is 2. The van der Waals surface area contributed by atoms with Crippen LogP contribution in [0.2, 0.25) is 0 Å². The second-order valence-corrected chi connectivity index (χ2v) is 6.61. The molecule has 2 aromatic rings. The molecule has 1 aromatic carbocycles. The molecule has 0 aliphatic rings. The SMILES string of the molecule is CNc1ncc(Br)cc1S(=O)(=O)Nc1cccc(C#N)c1. The number of halogens is 1. The van der Waals surface area contributed by atoms with Crippen molar-refractivity contribution in [3.8, 4) is 6.07 Å². The minimum Gasteiger partial charge on any atom is -0.372 e. The fourth-order valence-corrected chi connectivity index (χ4v) is 3.40. The predicted molar refractivity (Wildman–Crippen MR) is 83.4 cm³/mol. The highest BCUT2D eigenvalue weighted by Crippen LogP contribution is 2.25. The summed E-state index contributed by atoms with van der Waals surface area (Å²) in [5.74, 6) is 0.238. The zero-order valence-corrected chi connectivity index (χ0v) is 13.4. The highest BCUT2D eigenvalue weighted by atomic mass is 79.9. The van der Waals surface area contributed by atoms with Crippen molar-refractivity contribution in [1.29, 1.82) is 5.26 Å². The Morgan fingerprint density at radius 2 is 2.10 bits per heavy atom. The highest BCUT2D eigenvalue weighted by molar-refractivity contribution is 9.10. The summed E-state index contributed by atoms with van der Waals surface area (Å²) in [5.41, 5.74) is 0.687. The van der Waals surface area contributed by atoms with E-state index in [9.17, 15) is 8.42 Å². The van der Waals surface area contributed by atoms with Crippen LogP contribution in [-0.2, 0) is 10.0 Å². The Kier molecular flexibility index (Phi) is 4.45. The molecule has 0 atom stereocenters. The van der Waals surface area contributed by atoms with Crippen molar-refractivity contribution in [3.63, 3.8) is 0 Å². The number of benzene rings is 1. The topological polar surface area (TPSA) is 94.9 Å². The summed E-state index contributed by atoms with van der Waals surface area (Å²) in [6.07, 6.45) is 1.50. The molecule has 0 amide bonds. The Bertz CT molecular complexity index is 815.